The van der Waals surface area contributed by atoms with Gasteiger partial charge in [0.25, 0.3) is 0 Å². The summed E-state index contributed by atoms with van der Waals surface area (Å²) in [4.78, 5) is 0. The van der Waals surface area contributed by atoms with E-state index in [1.165, 1.54) is 6.42 Å². The number of rotatable bonds is 7. The molecule has 0 aromatic carbocycles. The van der Waals surface area contributed by atoms with E-state index < -0.39 is 0 Å². The van der Waals surface area contributed by atoms with Gasteiger partial charge >= 0.3 is 0 Å². The zero-order chi connectivity index (χ0) is 11.1. The second-order valence-electron chi connectivity index (χ2n) is 5.13. The molecule has 0 amide bonds. The second kappa shape index (κ2) is 7.24. The minimum Gasteiger partial charge on any atom is -0.393 e. The molecule has 0 aliphatic carbocycles. The molecule has 86 valence electrons. The van der Waals surface area contributed by atoms with Crippen molar-refractivity contribution in [1.82, 2.24) is 5.32 Å². The van der Waals surface area contributed by atoms with Gasteiger partial charge in [-0.1, -0.05) is 20.8 Å². The molecule has 0 saturated carbocycles. The SMILES string of the molecule is CC(C)CC(C)NCC(C)CC(C)O. The quantitative estimate of drug-likeness (QED) is 0.663. The summed E-state index contributed by atoms with van der Waals surface area (Å²) in [5.41, 5.74) is 0. The number of nitrogens with one attached hydrogen (secondary N) is 1. The van der Waals surface area contributed by atoms with Gasteiger partial charge in [-0.2, -0.15) is 0 Å². The van der Waals surface area contributed by atoms with Crippen molar-refractivity contribution < 1.29 is 5.11 Å². The van der Waals surface area contributed by atoms with Crippen LogP contribution in [-0.4, -0.2) is 23.8 Å². The first-order valence-electron chi connectivity index (χ1n) is 5.83. The van der Waals surface area contributed by atoms with Crippen LogP contribution < -0.4 is 5.32 Å². The van der Waals surface area contributed by atoms with Crippen LogP contribution in [0.25, 0.3) is 0 Å². The van der Waals surface area contributed by atoms with Crippen molar-refractivity contribution in [1.29, 1.82) is 0 Å². The molecule has 0 spiro atoms. The summed E-state index contributed by atoms with van der Waals surface area (Å²) >= 11 is 0. The van der Waals surface area contributed by atoms with Gasteiger partial charge in [-0.05, 0) is 45.1 Å². The van der Waals surface area contributed by atoms with E-state index >= 15 is 0 Å². The Morgan fingerprint density at radius 1 is 1.00 bits per heavy atom. The van der Waals surface area contributed by atoms with Gasteiger partial charge in [-0.3, -0.25) is 0 Å². The summed E-state index contributed by atoms with van der Waals surface area (Å²) in [6.45, 7) is 11.8. The molecule has 0 bridgehead atoms. The smallest absolute Gasteiger partial charge is 0.0515 e. The molecule has 3 unspecified atom stereocenters. The van der Waals surface area contributed by atoms with Crippen LogP contribution in [0.15, 0.2) is 0 Å². The Morgan fingerprint density at radius 2 is 1.57 bits per heavy atom. The van der Waals surface area contributed by atoms with E-state index in [0.29, 0.717) is 12.0 Å². The highest BCUT2D eigenvalue weighted by atomic mass is 16.3. The van der Waals surface area contributed by atoms with Crippen LogP contribution in [0.1, 0.15) is 47.5 Å². The van der Waals surface area contributed by atoms with Gasteiger partial charge in [0.05, 0.1) is 6.10 Å². The Kier molecular flexibility index (Phi) is 7.20. The lowest BCUT2D eigenvalue weighted by atomic mass is 10.0. The van der Waals surface area contributed by atoms with E-state index in [1.54, 1.807) is 0 Å². The lowest BCUT2D eigenvalue weighted by molar-refractivity contribution is 0.162. The first kappa shape index (κ1) is 13.9. The third-order valence-corrected chi connectivity index (χ3v) is 2.38. The van der Waals surface area contributed by atoms with Crippen LogP contribution in [0, 0.1) is 11.8 Å². The molecule has 0 rings (SSSR count). The third-order valence-electron chi connectivity index (χ3n) is 2.38. The maximum Gasteiger partial charge on any atom is 0.0515 e. The number of aliphatic hydroxyl groups is 1. The van der Waals surface area contributed by atoms with Crippen LogP contribution in [0.4, 0.5) is 0 Å². The van der Waals surface area contributed by atoms with Crippen molar-refractivity contribution in [3.63, 3.8) is 0 Å². The summed E-state index contributed by atoms with van der Waals surface area (Å²) in [5, 5.41) is 12.7. The largest absolute Gasteiger partial charge is 0.393 e. The van der Waals surface area contributed by atoms with E-state index in [0.717, 1.165) is 18.9 Å². The maximum atomic E-state index is 9.21. The molecule has 0 saturated heterocycles. The highest BCUT2D eigenvalue weighted by molar-refractivity contribution is 4.66. The molecule has 14 heavy (non-hydrogen) atoms. The molecular weight excluding hydrogens is 174 g/mol. The maximum absolute atomic E-state index is 9.21. The van der Waals surface area contributed by atoms with Gasteiger partial charge in [0.15, 0.2) is 0 Å². The highest BCUT2D eigenvalue weighted by Crippen LogP contribution is 2.07. The van der Waals surface area contributed by atoms with Crippen LogP contribution in [0.2, 0.25) is 0 Å². The number of aliphatic hydroxyl groups excluding tert-OH is 1. The molecule has 0 fully saturated rings. The summed E-state index contributed by atoms with van der Waals surface area (Å²) in [5.74, 6) is 1.31. The Morgan fingerprint density at radius 3 is 2.00 bits per heavy atom. The van der Waals surface area contributed by atoms with E-state index in [9.17, 15) is 5.11 Å². The minimum absolute atomic E-state index is 0.174. The van der Waals surface area contributed by atoms with E-state index in [-0.39, 0.29) is 6.10 Å². The Bertz CT molecular complexity index is 118. The molecule has 2 N–H and O–H groups in total. The van der Waals surface area contributed by atoms with Gasteiger partial charge in [0, 0.05) is 6.04 Å². The predicted octanol–water partition coefficient (Wildman–Crippen LogP) is 2.42. The van der Waals surface area contributed by atoms with Crippen LogP contribution >= 0.6 is 0 Å². The lowest BCUT2D eigenvalue weighted by Crippen LogP contribution is -2.32. The summed E-state index contributed by atoms with van der Waals surface area (Å²) in [6, 6.07) is 0.589. The molecule has 0 heterocycles. The molecule has 0 aliphatic heterocycles. The molecule has 0 aromatic rings. The standard InChI is InChI=1S/C12H27NO/c1-9(2)6-11(4)13-8-10(3)7-12(5)14/h9-14H,6-8H2,1-5H3. The van der Waals surface area contributed by atoms with Crippen LogP contribution in [0.5, 0.6) is 0 Å². The number of hydrogen-bond acceptors (Lipinski definition) is 2. The summed E-state index contributed by atoms with van der Waals surface area (Å²) < 4.78 is 0. The molecule has 2 heteroatoms. The van der Waals surface area contributed by atoms with E-state index in [2.05, 4.69) is 33.0 Å². The normalized spacial score (nSPS) is 18.2. The second-order valence-corrected chi connectivity index (χ2v) is 5.13. The van der Waals surface area contributed by atoms with Gasteiger partial charge < -0.3 is 10.4 Å². The Balaban J connectivity index is 3.50. The summed E-state index contributed by atoms with van der Waals surface area (Å²) in [7, 11) is 0. The van der Waals surface area contributed by atoms with Gasteiger partial charge in [-0.25, -0.2) is 0 Å². The first-order valence-corrected chi connectivity index (χ1v) is 5.83. The average molecular weight is 201 g/mol. The molecule has 0 aliphatic rings. The Labute approximate surface area is 89.1 Å². The van der Waals surface area contributed by atoms with Crippen molar-refractivity contribution in [3.8, 4) is 0 Å². The molecule has 0 aromatic heterocycles. The average Bonchev–Trinajstić information content (AvgIpc) is 1.98. The van der Waals surface area contributed by atoms with Gasteiger partial charge in [-0.15, -0.1) is 0 Å². The molecule has 2 nitrogen and oxygen atoms in total. The zero-order valence-corrected chi connectivity index (χ0v) is 10.4. The topological polar surface area (TPSA) is 32.3 Å². The van der Waals surface area contributed by atoms with Crippen molar-refractivity contribution in [2.24, 2.45) is 11.8 Å². The fourth-order valence-electron chi connectivity index (χ4n) is 1.86. The lowest BCUT2D eigenvalue weighted by Gasteiger charge is -2.19. The van der Waals surface area contributed by atoms with Crippen molar-refractivity contribution >= 4 is 0 Å². The van der Waals surface area contributed by atoms with Crippen molar-refractivity contribution in [2.45, 2.75) is 59.6 Å². The first-order chi connectivity index (χ1) is 6.41. The monoisotopic (exact) mass is 201 g/mol. The summed E-state index contributed by atoms with van der Waals surface area (Å²) in [6.07, 6.45) is 1.94. The molecule has 0 radical (unpaired) electrons. The minimum atomic E-state index is -0.174. The molecule has 3 atom stereocenters. The van der Waals surface area contributed by atoms with Gasteiger partial charge in [0.1, 0.15) is 0 Å². The zero-order valence-electron chi connectivity index (χ0n) is 10.4. The number of hydrogen-bond donors (Lipinski definition) is 2. The van der Waals surface area contributed by atoms with Crippen LogP contribution in [0.3, 0.4) is 0 Å². The van der Waals surface area contributed by atoms with Gasteiger partial charge in [0.2, 0.25) is 0 Å². The Hall–Kier alpha value is -0.0800. The van der Waals surface area contributed by atoms with E-state index in [1.807, 2.05) is 6.92 Å². The highest BCUT2D eigenvalue weighted by Gasteiger charge is 2.08. The molecular formula is C12H27NO. The van der Waals surface area contributed by atoms with Crippen molar-refractivity contribution in [3.05, 3.63) is 0 Å². The van der Waals surface area contributed by atoms with Crippen molar-refractivity contribution in [2.75, 3.05) is 6.54 Å². The third kappa shape index (κ3) is 8.52. The van der Waals surface area contributed by atoms with E-state index in [4.69, 9.17) is 0 Å². The fraction of sp³-hybridized carbons (Fsp3) is 1.00. The fourth-order valence-corrected chi connectivity index (χ4v) is 1.86. The van der Waals surface area contributed by atoms with Crippen LogP contribution in [-0.2, 0) is 0 Å². The predicted molar refractivity (Wildman–Crippen MR) is 62.4 cm³/mol.